The normalized spacial score (nSPS) is 12.7. The number of aromatic nitrogens is 2. The minimum atomic E-state index is -0.991. The lowest BCUT2D eigenvalue weighted by molar-refractivity contribution is 0.0552. The summed E-state index contributed by atoms with van der Waals surface area (Å²) in [7, 11) is 1.56. The molecule has 9 heteroatoms. The van der Waals surface area contributed by atoms with Crippen LogP contribution >= 0.6 is 0 Å². The number of methoxy groups -OCH3 is 1. The number of carboxylic acids is 1. The maximum absolute atomic E-state index is 10.9. The van der Waals surface area contributed by atoms with Crippen molar-refractivity contribution in [2.45, 2.75) is 12.5 Å². The minimum Gasteiger partial charge on any atom is -0.478 e. The molecule has 0 fully saturated rings. The highest BCUT2D eigenvalue weighted by Crippen LogP contribution is 2.27. The summed E-state index contributed by atoms with van der Waals surface area (Å²) in [4.78, 5) is 18.7. The van der Waals surface area contributed by atoms with Crippen molar-refractivity contribution in [1.29, 1.82) is 0 Å². The van der Waals surface area contributed by atoms with E-state index >= 15 is 0 Å². The zero-order valence-corrected chi connectivity index (χ0v) is 16.9. The second kappa shape index (κ2) is 9.02. The monoisotopic (exact) mass is 416 g/mol. The first kappa shape index (κ1) is 21.4. The lowest BCUT2D eigenvalue weighted by Gasteiger charge is -2.22. The number of benzene rings is 2. The van der Waals surface area contributed by atoms with E-state index < -0.39 is 11.6 Å². The van der Waals surface area contributed by atoms with Gasteiger partial charge in [0.1, 0.15) is 5.82 Å². The number of nitrogen functional groups attached to an aromatic ring is 2. The number of nitrogens with zero attached hydrogens (tertiary/aromatic N) is 4. The molecule has 3 rings (SSSR count). The van der Waals surface area contributed by atoms with Crippen LogP contribution in [0.3, 0.4) is 0 Å². The number of nitrogens with two attached hydrogens (primary N) is 2. The molecule has 0 bridgehead atoms. The lowest BCUT2D eigenvalue weighted by atomic mass is 9.95. The number of anilines is 2. The number of rotatable bonds is 5. The molecule has 3 aromatic rings. The van der Waals surface area contributed by atoms with Crippen molar-refractivity contribution in [3.8, 4) is 11.8 Å². The van der Waals surface area contributed by atoms with Crippen molar-refractivity contribution in [2.24, 2.45) is 10.2 Å². The summed E-state index contributed by atoms with van der Waals surface area (Å²) in [5.74, 6) is 5.29. The molecule has 156 valence electrons. The summed E-state index contributed by atoms with van der Waals surface area (Å²) in [5.41, 5.74) is 13.0. The highest BCUT2D eigenvalue weighted by atomic mass is 16.5. The van der Waals surface area contributed by atoms with Crippen molar-refractivity contribution < 1.29 is 14.6 Å². The minimum absolute atomic E-state index is 0.0835. The van der Waals surface area contributed by atoms with Gasteiger partial charge in [0, 0.05) is 7.11 Å². The molecule has 9 nitrogen and oxygen atoms in total. The number of hydrogen-bond donors (Lipinski definition) is 3. The Kier molecular flexibility index (Phi) is 6.23. The fourth-order valence-corrected chi connectivity index (χ4v) is 2.57. The lowest BCUT2D eigenvalue weighted by Crippen LogP contribution is -2.22. The fourth-order valence-electron chi connectivity index (χ4n) is 2.57. The van der Waals surface area contributed by atoms with Gasteiger partial charge in [-0.2, -0.15) is 15.2 Å². The first-order valence-electron chi connectivity index (χ1n) is 9.13. The molecule has 5 N–H and O–H groups in total. The topological polar surface area (TPSA) is 149 Å². The van der Waals surface area contributed by atoms with E-state index in [9.17, 15) is 4.79 Å². The van der Waals surface area contributed by atoms with Gasteiger partial charge >= 0.3 is 5.97 Å². The Bertz CT molecular complexity index is 1180. The summed E-state index contributed by atoms with van der Waals surface area (Å²) in [6, 6.07) is 13.4. The van der Waals surface area contributed by atoms with Gasteiger partial charge in [0.05, 0.1) is 28.7 Å². The van der Waals surface area contributed by atoms with E-state index in [1.807, 2.05) is 19.1 Å². The molecule has 2 aromatic carbocycles. The van der Waals surface area contributed by atoms with Crippen LogP contribution in [0.25, 0.3) is 0 Å². The number of carbonyl (C=O) groups is 1. The van der Waals surface area contributed by atoms with Gasteiger partial charge < -0.3 is 21.3 Å². The number of ether oxygens (including phenoxy) is 1. The molecule has 1 heterocycles. The van der Waals surface area contributed by atoms with E-state index in [0.29, 0.717) is 16.9 Å². The molecule has 0 aliphatic carbocycles. The van der Waals surface area contributed by atoms with E-state index in [4.69, 9.17) is 21.3 Å². The third-order valence-electron chi connectivity index (χ3n) is 4.49. The Balaban J connectivity index is 1.78. The highest BCUT2D eigenvalue weighted by Gasteiger charge is 2.23. The third kappa shape index (κ3) is 5.20. The van der Waals surface area contributed by atoms with Gasteiger partial charge in [-0.1, -0.05) is 24.0 Å². The summed E-state index contributed by atoms with van der Waals surface area (Å²) in [6.45, 7) is 1.83. The first-order chi connectivity index (χ1) is 14.8. The quantitative estimate of drug-likeness (QED) is 0.424. The Morgan fingerprint density at radius 3 is 2.16 bits per heavy atom. The zero-order chi connectivity index (χ0) is 22.4. The molecule has 1 aromatic heterocycles. The molecule has 0 spiro atoms. The van der Waals surface area contributed by atoms with E-state index in [-0.39, 0.29) is 17.3 Å². The molecule has 0 amide bonds. The summed E-state index contributed by atoms with van der Waals surface area (Å²) in [6.07, 6.45) is 1.47. The fraction of sp³-hybridized carbons (Fsp3) is 0.136. The number of aromatic carboxylic acids is 1. The Hall–Kier alpha value is -4.29. The molecular weight excluding hydrogens is 396 g/mol. The predicted octanol–water partition coefficient (Wildman–Crippen LogP) is 3.67. The summed E-state index contributed by atoms with van der Waals surface area (Å²) < 4.78 is 5.63. The van der Waals surface area contributed by atoms with Crippen LogP contribution in [0, 0.1) is 11.8 Å². The Morgan fingerprint density at radius 2 is 1.65 bits per heavy atom. The number of azo groups is 1. The van der Waals surface area contributed by atoms with Gasteiger partial charge in [-0.15, -0.1) is 0 Å². The molecule has 0 aliphatic heterocycles. The SMILES string of the molecule is COC(C)(C#Cc1cnc(N)nc1N)c1ccc(N=Nc2ccc(C(=O)O)cc2)cc1. The van der Waals surface area contributed by atoms with Gasteiger partial charge in [-0.3, -0.25) is 0 Å². The van der Waals surface area contributed by atoms with Crippen LogP contribution in [0.1, 0.15) is 28.4 Å². The highest BCUT2D eigenvalue weighted by molar-refractivity contribution is 5.87. The standard InChI is InChI=1S/C22H20N6O3/c1-22(31-2,12-11-15-13-25-21(24)26-19(15)23)16-5-9-18(10-6-16)28-27-17-7-3-14(4-8-17)20(29)30/h3-10,13H,1-2H3,(H,29,30)(H4,23,24,25,26). The van der Waals surface area contributed by atoms with Crippen molar-refractivity contribution in [2.75, 3.05) is 18.6 Å². The number of carboxylic acid groups (broad SMARTS) is 1. The van der Waals surface area contributed by atoms with Crippen LogP contribution in [0.2, 0.25) is 0 Å². The molecule has 0 radical (unpaired) electrons. The van der Waals surface area contributed by atoms with Crippen molar-refractivity contribution in [3.05, 3.63) is 71.4 Å². The smallest absolute Gasteiger partial charge is 0.335 e. The number of hydrogen-bond acceptors (Lipinski definition) is 8. The molecular formula is C22H20N6O3. The van der Waals surface area contributed by atoms with Crippen LogP contribution < -0.4 is 11.5 Å². The van der Waals surface area contributed by atoms with Crippen LogP contribution in [0.5, 0.6) is 0 Å². The van der Waals surface area contributed by atoms with Crippen molar-refractivity contribution >= 4 is 29.1 Å². The van der Waals surface area contributed by atoms with Gasteiger partial charge in [-0.05, 0) is 48.9 Å². The molecule has 0 saturated carbocycles. The van der Waals surface area contributed by atoms with Gasteiger partial charge in [0.15, 0.2) is 5.60 Å². The molecule has 1 atom stereocenters. The van der Waals surface area contributed by atoms with Crippen molar-refractivity contribution in [3.63, 3.8) is 0 Å². The average molecular weight is 416 g/mol. The van der Waals surface area contributed by atoms with E-state index in [1.165, 1.54) is 18.3 Å². The van der Waals surface area contributed by atoms with Gasteiger partial charge in [0.2, 0.25) is 5.95 Å². The van der Waals surface area contributed by atoms with Crippen LogP contribution in [-0.4, -0.2) is 28.2 Å². The Morgan fingerprint density at radius 1 is 1.06 bits per heavy atom. The zero-order valence-electron chi connectivity index (χ0n) is 16.9. The van der Waals surface area contributed by atoms with Crippen molar-refractivity contribution in [1.82, 2.24) is 9.97 Å². The van der Waals surface area contributed by atoms with Crippen LogP contribution in [0.4, 0.5) is 23.1 Å². The maximum Gasteiger partial charge on any atom is 0.335 e. The molecule has 31 heavy (non-hydrogen) atoms. The van der Waals surface area contributed by atoms with E-state index in [2.05, 4.69) is 32.0 Å². The molecule has 0 saturated heterocycles. The van der Waals surface area contributed by atoms with E-state index in [0.717, 1.165) is 5.56 Å². The van der Waals surface area contributed by atoms with Gasteiger partial charge in [0.25, 0.3) is 0 Å². The second-order valence-electron chi connectivity index (χ2n) is 6.61. The maximum atomic E-state index is 10.9. The van der Waals surface area contributed by atoms with Gasteiger partial charge in [-0.25, -0.2) is 9.78 Å². The summed E-state index contributed by atoms with van der Waals surface area (Å²) >= 11 is 0. The van der Waals surface area contributed by atoms with E-state index in [1.54, 1.807) is 31.4 Å². The molecule has 1 unspecified atom stereocenters. The van der Waals surface area contributed by atoms with Crippen LogP contribution in [-0.2, 0) is 10.3 Å². The largest absolute Gasteiger partial charge is 0.478 e. The van der Waals surface area contributed by atoms with Crippen LogP contribution in [0.15, 0.2) is 65.0 Å². The Labute approximate surface area is 178 Å². The average Bonchev–Trinajstić information content (AvgIpc) is 2.77. The second-order valence-corrected chi connectivity index (χ2v) is 6.61. The first-order valence-corrected chi connectivity index (χ1v) is 9.13. The third-order valence-corrected chi connectivity index (χ3v) is 4.49. The summed E-state index contributed by atoms with van der Waals surface area (Å²) in [5, 5.41) is 17.2. The molecule has 0 aliphatic rings. The predicted molar refractivity (Wildman–Crippen MR) is 116 cm³/mol.